The van der Waals surface area contributed by atoms with Crippen LogP contribution in [0.2, 0.25) is 0 Å². The maximum absolute atomic E-state index is 6.22. The molecule has 86 valence electrons. The van der Waals surface area contributed by atoms with Crippen LogP contribution < -0.4 is 0 Å². The first kappa shape index (κ1) is 13.6. The van der Waals surface area contributed by atoms with Crippen molar-refractivity contribution in [2.45, 2.75) is 75.9 Å². The van der Waals surface area contributed by atoms with Crippen LogP contribution in [-0.4, -0.2) is 12.1 Å². The van der Waals surface area contributed by atoms with Gasteiger partial charge in [-0.05, 0) is 35.3 Å². The second-order valence-electron chi connectivity index (χ2n) is 5.97. The number of hydrogen-bond donors (Lipinski definition) is 0. The molecule has 1 aliphatic rings. The van der Waals surface area contributed by atoms with Crippen LogP contribution in [-0.2, 0) is 0 Å². The standard InChI is InChI=1S/C13H24BBr/c1-12(2)8-5-3-4-6-10-13(14,15)11-7-9-12/h3-11H2,1-2H3. The molecule has 0 N–H and O–H groups in total. The molecule has 0 bridgehead atoms. The molecule has 0 saturated heterocycles. The third kappa shape index (κ3) is 5.99. The lowest BCUT2D eigenvalue weighted by atomic mass is 9.76. The van der Waals surface area contributed by atoms with Crippen LogP contribution in [0, 0.1) is 5.41 Å². The summed E-state index contributed by atoms with van der Waals surface area (Å²) in [6, 6.07) is 0. The molecule has 1 rings (SSSR count). The van der Waals surface area contributed by atoms with Gasteiger partial charge in [-0.2, -0.15) is 0 Å². The van der Waals surface area contributed by atoms with E-state index in [4.69, 9.17) is 7.85 Å². The van der Waals surface area contributed by atoms with Gasteiger partial charge in [0, 0.05) is 0 Å². The molecule has 0 aromatic heterocycles. The number of alkyl halides is 1. The SMILES string of the molecule is [B]C1(Br)CCCCCCC(C)(C)CCC1. The van der Waals surface area contributed by atoms with Crippen LogP contribution in [0.25, 0.3) is 0 Å². The van der Waals surface area contributed by atoms with E-state index in [2.05, 4.69) is 29.8 Å². The van der Waals surface area contributed by atoms with Gasteiger partial charge in [-0.3, -0.25) is 0 Å². The Balaban J connectivity index is 2.47. The Kier molecular flexibility index (Phi) is 5.22. The molecule has 2 heteroatoms. The van der Waals surface area contributed by atoms with Gasteiger partial charge in [0.15, 0.2) is 0 Å². The van der Waals surface area contributed by atoms with E-state index in [1.807, 2.05) is 0 Å². The first-order valence-electron chi connectivity index (χ1n) is 6.39. The molecule has 0 spiro atoms. The van der Waals surface area contributed by atoms with Crippen LogP contribution in [0.3, 0.4) is 0 Å². The molecular formula is C13H24BBr. The zero-order valence-corrected chi connectivity index (χ0v) is 11.9. The lowest BCUT2D eigenvalue weighted by molar-refractivity contribution is 0.286. The fraction of sp³-hybridized carbons (Fsp3) is 1.00. The summed E-state index contributed by atoms with van der Waals surface area (Å²) in [5, 5.41) is 0. The first-order chi connectivity index (χ1) is 6.91. The van der Waals surface area contributed by atoms with E-state index in [1.54, 1.807) is 0 Å². The minimum Gasteiger partial charge on any atom is -0.0960 e. The predicted octanol–water partition coefficient (Wildman–Crippen LogP) is 4.80. The summed E-state index contributed by atoms with van der Waals surface area (Å²) in [5.41, 5.74) is 0.521. The summed E-state index contributed by atoms with van der Waals surface area (Å²) in [7, 11) is 6.22. The number of rotatable bonds is 0. The van der Waals surface area contributed by atoms with Crippen LogP contribution in [0.1, 0.15) is 71.6 Å². The number of hydrogen-bond acceptors (Lipinski definition) is 0. The smallest absolute Gasteiger partial charge is 0.0901 e. The van der Waals surface area contributed by atoms with Gasteiger partial charge in [-0.15, -0.1) is 0 Å². The Labute approximate surface area is 105 Å². The van der Waals surface area contributed by atoms with Crippen LogP contribution in [0.4, 0.5) is 0 Å². The second kappa shape index (κ2) is 5.75. The summed E-state index contributed by atoms with van der Waals surface area (Å²) in [5.74, 6) is 0. The van der Waals surface area contributed by atoms with Crippen molar-refractivity contribution in [2.75, 3.05) is 0 Å². The molecule has 0 aromatic carbocycles. The van der Waals surface area contributed by atoms with Gasteiger partial charge in [-0.25, -0.2) is 0 Å². The van der Waals surface area contributed by atoms with Crippen molar-refractivity contribution in [3.8, 4) is 0 Å². The quantitative estimate of drug-likeness (QED) is 0.438. The lowest BCUT2D eigenvalue weighted by Crippen LogP contribution is -2.21. The van der Waals surface area contributed by atoms with Gasteiger partial charge < -0.3 is 0 Å². The van der Waals surface area contributed by atoms with Gasteiger partial charge in [0.1, 0.15) is 0 Å². The molecule has 0 heterocycles. The van der Waals surface area contributed by atoms with E-state index in [0.717, 1.165) is 12.8 Å². The first-order valence-corrected chi connectivity index (χ1v) is 7.18. The molecule has 0 aliphatic heterocycles. The van der Waals surface area contributed by atoms with Crippen molar-refractivity contribution in [1.29, 1.82) is 0 Å². The van der Waals surface area contributed by atoms with Crippen molar-refractivity contribution in [3.63, 3.8) is 0 Å². The lowest BCUT2D eigenvalue weighted by Gasteiger charge is -2.27. The molecule has 2 radical (unpaired) electrons. The fourth-order valence-corrected chi connectivity index (χ4v) is 3.05. The molecule has 0 nitrogen and oxygen atoms in total. The molecular weight excluding hydrogens is 247 g/mol. The predicted molar refractivity (Wildman–Crippen MR) is 72.7 cm³/mol. The van der Waals surface area contributed by atoms with E-state index in [1.165, 1.54) is 44.9 Å². The van der Waals surface area contributed by atoms with Gasteiger partial charge in [0.2, 0.25) is 0 Å². The summed E-state index contributed by atoms with van der Waals surface area (Å²) in [6.45, 7) is 4.80. The Morgan fingerprint density at radius 2 is 1.27 bits per heavy atom. The molecule has 1 fully saturated rings. The summed E-state index contributed by atoms with van der Waals surface area (Å²) in [4.78, 5) is 0. The highest BCUT2D eigenvalue weighted by Crippen LogP contribution is 2.35. The van der Waals surface area contributed by atoms with E-state index in [0.29, 0.717) is 5.41 Å². The highest BCUT2D eigenvalue weighted by molar-refractivity contribution is 9.10. The highest BCUT2D eigenvalue weighted by Gasteiger charge is 2.23. The number of halogens is 1. The summed E-state index contributed by atoms with van der Waals surface area (Å²) in [6.07, 6.45) is 11.6. The van der Waals surface area contributed by atoms with Crippen LogP contribution in [0.5, 0.6) is 0 Å². The Hall–Kier alpha value is 0.545. The van der Waals surface area contributed by atoms with E-state index in [-0.39, 0.29) is 4.22 Å². The Bertz CT molecular complexity index is 167. The van der Waals surface area contributed by atoms with Crippen molar-refractivity contribution in [2.24, 2.45) is 5.41 Å². The molecule has 0 amide bonds. The monoisotopic (exact) mass is 270 g/mol. The van der Waals surface area contributed by atoms with Crippen molar-refractivity contribution >= 4 is 23.8 Å². The van der Waals surface area contributed by atoms with Crippen LogP contribution in [0.15, 0.2) is 0 Å². The highest BCUT2D eigenvalue weighted by atomic mass is 79.9. The zero-order chi connectivity index (χ0) is 11.4. The van der Waals surface area contributed by atoms with Crippen molar-refractivity contribution in [1.82, 2.24) is 0 Å². The van der Waals surface area contributed by atoms with E-state index >= 15 is 0 Å². The Morgan fingerprint density at radius 1 is 0.800 bits per heavy atom. The van der Waals surface area contributed by atoms with Crippen molar-refractivity contribution in [3.05, 3.63) is 0 Å². The van der Waals surface area contributed by atoms with Gasteiger partial charge >= 0.3 is 0 Å². The normalized spacial score (nSPS) is 34.3. The summed E-state index contributed by atoms with van der Waals surface area (Å²) < 4.78 is -0.0899. The van der Waals surface area contributed by atoms with Gasteiger partial charge in [0.05, 0.1) is 7.85 Å². The maximum atomic E-state index is 6.22. The summed E-state index contributed by atoms with van der Waals surface area (Å²) >= 11 is 3.68. The minimum atomic E-state index is -0.0899. The largest absolute Gasteiger partial charge is 0.0960 e. The average molecular weight is 271 g/mol. The molecule has 15 heavy (non-hydrogen) atoms. The fourth-order valence-electron chi connectivity index (χ4n) is 2.49. The van der Waals surface area contributed by atoms with E-state index in [9.17, 15) is 0 Å². The second-order valence-corrected chi connectivity index (χ2v) is 7.55. The average Bonchev–Trinajstić information content (AvgIpc) is 2.11. The molecule has 1 saturated carbocycles. The van der Waals surface area contributed by atoms with Crippen molar-refractivity contribution < 1.29 is 0 Å². The zero-order valence-electron chi connectivity index (χ0n) is 10.3. The molecule has 1 aliphatic carbocycles. The maximum Gasteiger partial charge on any atom is 0.0901 e. The molecule has 0 aromatic rings. The molecule has 1 unspecified atom stereocenters. The third-order valence-corrected chi connectivity index (χ3v) is 4.43. The third-order valence-electron chi connectivity index (χ3n) is 3.64. The minimum absolute atomic E-state index is 0.0899. The van der Waals surface area contributed by atoms with Crippen LogP contribution >= 0.6 is 15.9 Å². The van der Waals surface area contributed by atoms with E-state index < -0.39 is 0 Å². The Morgan fingerprint density at radius 3 is 1.93 bits per heavy atom. The molecule has 1 atom stereocenters. The topological polar surface area (TPSA) is 0 Å². The van der Waals surface area contributed by atoms with Gasteiger partial charge in [-0.1, -0.05) is 61.9 Å². The van der Waals surface area contributed by atoms with Gasteiger partial charge in [0.25, 0.3) is 0 Å².